The summed E-state index contributed by atoms with van der Waals surface area (Å²) in [5.74, 6) is -0.0578. The summed E-state index contributed by atoms with van der Waals surface area (Å²) in [7, 11) is 1.45. The van der Waals surface area contributed by atoms with Crippen molar-refractivity contribution in [2.75, 3.05) is 12.0 Å². The minimum Gasteiger partial charge on any atom is -0.504 e. The number of phenols is 1. The number of hydrogen-bond acceptors (Lipinski definition) is 5. The van der Waals surface area contributed by atoms with Crippen molar-refractivity contribution in [3.05, 3.63) is 86.3 Å². The van der Waals surface area contributed by atoms with Crippen LogP contribution in [0.2, 0.25) is 5.02 Å². The van der Waals surface area contributed by atoms with Gasteiger partial charge in [-0.2, -0.15) is 0 Å². The van der Waals surface area contributed by atoms with Crippen molar-refractivity contribution in [2.45, 2.75) is 27.7 Å². The highest BCUT2D eigenvalue weighted by Crippen LogP contribution is 2.42. The number of ether oxygens (including phenoxy) is 1. The maximum Gasteiger partial charge on any atom is 0.271 e. The molecule has 0 saturated carbocycles. The third-order valence-corrected chi connectivity index (χ3v) is 7.18. The minimum atomic E-state index is -0.221. The molecule has 5 nitrogen and oxygen atoms in total. The van der Waals surface area contributed by atoms with Gasteiger partial charge in [-0.3, -0.25) is 9.69 Å². The van der Waals surface area contributed by atoms with E-state index in [2.05, 4.69) is 0 Å². The van der Waals surface area contributed by atoms with Crippen molar-refractivity contribution in [3.63, 3.8) is 0 Å². The molecular formula is C27H25ClN2O3S. The summed E-state index contributed by atoms with van der Waals surface area (Å²) in [6.07, 6.45) is 1.63. The first kappa shape index (κ1) is 23.9. The number of hydrogen-bond donors (Lipinski definition) is 1. The number of benzene rings is 3. The number of carbonyl (C=O) groups is 1. The Kier molecular flexibility index (Phi) is 6.73. The fourth-order valence-electron chi connectivity index (χ4n) is 3.70. The molecule has 1 heterocycles. The molecule has 34 heavy (non-hydrogen) atoms. The molecule has 1 N–H and O–H groups in total. The summed E-state index contributed by atoms with van der Waals surface area (Å²) >= 11 is 7.47. The van der Waals surface area contributed by atoms with Crippen LogP contribution in [0.15, 0.2) is 58.4 Å². The number of anilines is 1. The van der Waals surface area contributed by atoms with E-state index in [-0.39, 0.29) is 17.4 Å². The van der Waals surface area contributed by atoms with Crippen LogP contribution in [0.25, 0.3) is 6.08 Å². The zero-order valence-corrected chi connectivity index (χ0v) is 21.2. The van der Waals surface area contributed by atoms with Gasteiger partial charge in [0, 0.05) is 16.7 Å². The van der Waals surface area contributed by atoms with E-state index in [4.69, 9.17) is 21.3 Å². The maximum atomic E-state index is 13.7. The molecule has 0 spiro atoms. The van der Waals surface area contributed by atoms with Crippen LogP contribution < -0.4 is 9.64 Å². The van der Waals surface area contributed by atoms with Gasteiger partial charge in [0.25, 0.3) is 5.91 Å². The number of amides is 1. The Labute approximate surface area is 208 Å². The molecule has 1 aliphatic heterocycles. The van der Waals surface area contributed by atoms with Crippen molar-refractivity contribution < 1.29 is 14.6 Å². The maximum absolute atomic E-state index is 13.7. The van der Waals surface area contributed by atoms with Crippen molar-refractivity contribution in [1.29, 1.82) is 0 Å². The third-order valence-electron chi connectivity index (χ3n) is 5.99. The number of halogens is 1. The van der Waals surface area contributed by atoms with Crippen molar-refractivity contribution in [3.8, 4) is 11.5 Å². The van der Waals surface area contributed by atoms with Crippen LogP contribution >= 0.6 is 23.4 Å². The van der Waals surface area contributed by atoms with Gasteiger partial charge < -0.3 is 9.84 Å². The number of aliphatic imine (C=N–C) groups is 1. The Morgan fingerprint density at radius 1 is 1.03 bits per heavy atom. The SMILES string of the molecule is COc1cc(Cl)cc(C=C2SC(=Nc3cccc(C)c3C)N(c3cccc(C)c3C)C2=O)c1O. The molecule has 0 aliphatic carbocycles. The van der Waals surface area contributed by atoms with Gasteiger partial charge in [0.2, 0.25) is 0 Å². The van der Waals surface area contributed by atoms with E-state index in [0.29, 0.717) is 20.7 Å². The Balaban J connectivity index is 1.89. The van der Waals surface area contributed by atoms with Crippen molar-refractivity contribution in [1.82, 2.24) is 0 Å². The lowest BCUT2D eigenvalue weighted by molar-refractivity contribution is -0.113. The zero-order chi connectivity index (χ0) is 24.6. The molecule has 1 amide bonds. The molecule has 0 aromatic heterocycles. The first-order valence-corrected chi connectivity index (χ1v) is 11.9. The summed E-state index contributed by atoms with van der Waals surface area (Å²) in [6.45, 7) is 8.06. The second-order valence-electron chi connectivity index (χ2n) is 8.13. The highest BCUT2D eigenvalue weighted by molar-refractivity contribution is 8.19. The number of methoxy groups -OCH3 is 1. The van der Waals surface area contributed by atoms with E-state index in [9.17, 15) is 9.90 Å². The van der Waals surface area contributed by atoms with Gasteiger partial charge in [-0.25, -0.2) is 4.99 Å². The number of carbonyl (C=O) groups excluding carboxylic acids is 1. The number of phenolic OH excluding ortho intramolecular Hbond substituents is 1. The van der Waals surface area contributed by atoms with Crippen LogP contribution in [0.4, 0.5) is 11.4 Å². The average Bonchev–Trinajstić information content (AvgIpc) is 3.10. The van der Waals surface area contributed by atoms with Crippen molar-refractivity contribution >= 4 is 51.9 Å². The summed E-state index contributed by atoms with van der Waals surface area (Å²) in [4.78, 5) is 20.6. The molecule has 3 aromatic rings. The molecule has 1 aliphatic rings. The predicted octanol–water partition coefficient (Wildman–Crippen LogP) is 7.10. The van der Waals surface area contributed by atoms with Gasteiger partial charge in [-0.15, -0.1) is 0 Å². The smallest absolute Gasteiger partial charge is 0.271 e. The lowest BCUT2D eigenvalue weighted by atomic mass is 10.1. The number of thioether (sulfide) groups is 1. The van der Waals surface area contributed by atoms with Gasteiger partial charge in [0.05, 0.1) is 23.4 Å². The molecule has 0 unspecified atom stereocenters. The molecule has 1 saturated heterocycles. The Bertz CT molecular complexity index is 1360. The largest absolute Gasteiger partial charge is 0.504 e. The molecule has 0 atom stereocenters. The summed E-state index contributed by atoms with van der Waals surface area (Å²) in [6, 6.07) is 14.9. The van der Waals surface area contributed by atoms with Gasteiger partial charge in [0.1, 0.15) is 0 Å². The second kappa shape index (κ2) is 9.57. The normalized spacial score (nSPS) is 16.1. The van der Waals surface area contributed by atoms with Gasteiger partial charge in [-0.1, -0.05) is 35.9 Å². The summed E-state index contributed by atoms with van der Waals surface area (Å²) in [5, 5.41) is 11.5. The summed E-state index contributed by atoms with van der Waals surface area (Å²) < 4.78 is 5.21. The van der Waals surface area contributed by atoms with E-state index in [1.165, 1.54) is 24.9 Å². The number of rotatable bonds is 4. The topological polar surface area (TPSA) is 62.1 Å². The monoisotopic (exact) mass is 492 g/mol. The molecule has 4 rings (SSSR count). The second-order valence-corrected chi connectivity index (χ2v) is 9.58. The lowest BCUT2D eigenvalue weighted by Gasteiger charge is -2.19. The highest BCUT2D eigenvalue weighted by atomic mass is 35.5. The Hall–Kier alpha value is -3.22. The first-order chi connectivity index (χ1) is 16.2. The zero-order valence-electron chi connectivity index (χ0n) is 19.6. The third kappa shape index (κ3) is 4.43. The van der Waals surface area contributed by atoms with E-state index in [0.717, 1.165) is 33.6 Å². The fraction of sp³-hybridized carbons (Fsp3) is 0.185. The van der Waals surface area contributed by atoms with Crippen LogP contribution in [-0.4, -0.2) is 23.3 Å². The van der Waals surface area contributed by atoms with Crippen LogP contribution in [0.1, 0.15) is 27.8 Å². The van der Waals surface area contributed by atoms with E-state index in [1.54, 1.807) is 17.0 Å². The predicted molar refractivity (Wildman–Crippen MR) is 142 cm³/mol. The molecule has 174 valence electrons. The van der Waals surface area contributed by atoms with Crippen LogP contribution in [-0.2, 0) is 4.79 Å². The Morgan fingerprint density at radius 2 is 1.71 bits per heavy atom. The summed E-state index contributed by atoms with van der Waals surface area (Å²) in [5.41, 5.74) is 6.24. The first-order valence-electron chi connectivity index (χ1n) is 10.7. The minimum absolute atomic E-state index is 0.0778. The Morgan fingerprint density at radius 3 is 2.41 bits per heavy atom. The molecule has 3 aromatic carbocycles. The lowest BCUT2D eigenvalue weighted by Crippen LogP contribution is -2.29. The van der Waals surface area contributed by atoms with Crippen LogP contribution in [0.5, 0.6) is 11.5 Å². The highest BCUT2D eigenvalue weighted by Gasteiger charge is 2.36. The fourth-order valence-corrected chi connectivity index (χ4v) is 4.89. The number of aromatic hydroxyl groups is 1. The standard InChI is InChI=1S/C27H25ClN2O3S/c1-15-8-6-10-21(17(15)3)29-27-30(22-11-7-9-16(2)18(22)4)26(32)24(34-27)13-19-12-20(28)14-23(33-5)25(19)31/h6-14,31H,1-5H3. The van der Waals surface area contributed by atoms with Gasteiger partial charge in [0.15, 0.2) is 16.7 Å². The molecular weight excluding hydrogens is 468 g/mol. The van der Waals surface area contributed by atoms with E-state index < -0.39 is 0 Å². The molecule has 0 radical (unpaired) electrons. The van der Waals surface area contributed by atoms with E-state index >= 15 is 0 Å². The molecule has 0 bridgehead atoms. The average molecular weight is 493 g/mol. The molecule has 1 fully saturated rings. The van der Waals surface area contributed by atoms with Crippen LogP contribution in [0, 0.1) is 27.7 Å². The number of amidine groups is 1. The van der Waals surface area contributed by atoms with Gasteiger partial charge >= 0.3 is 0 Å². The van der Waals surface area contributed by atoms with Crippen molar-refractivity contribution in [2.24, 2.45) is 4.99 Å². The van der Waals surface area contributed by atoms with Gasteiger partial charge in [-0.05, 0) is 86.0 Å². The quantitative estimate of drug-likeness (QED) is 0.394. The molecule has 7 heteroatoms. The number of aryl methyl sites for hydroxylation is 2. The number of nitrogens with zero attached hydrogens (tertiary/aromatic N) is 2. The van der Waals surface area contributed by atoms with Crippen LogP contribution in [0.3, 0.4) is 0 Å². The van der Waals surface area contributed by atoms with E-state index in [1.807, 2.05) is 64.1 Å².